The van der Waals surface area contributed by atoms with E-state index in [1.54, 1.807) is 18.2 Å². The molecule has 0 radical (unpaired) electrons. The van der Waals surface area contributed by atoms with E-state index in [4.69, 9.17) is 9.47 Å². The molecule has 1 aromatic rings. The van der Waals surface area contributed by atoms with Gasteiger partial charge in [-0.25, -0.2) is 9.59 Å². The Morgan fingerprint density at radius 3 is 2.80 bits per heavy atom. The molecule has 9 heteroatoms. The molecule has 1 fully saturated rings. The van der Waals surface area contributed by atoms with Gasteiger partial charge < -0.3 is 25.0 Å². The summed E-state index contributed by atoms with van der Waals surface area (Å²) < 4.78 is 9.82. The zero-order valence-electron chi connectivity index (χ0n) is 17.4. The number of hydrogen-bond donors (Lipinski definition) is 2. The molecule has 0 aliphatic carbocycles. The summed E-state index contributed by atoms with van der Waals surface area (Å²) in [5, 5.41) is 5.39. The number of benzene rings is 1. The Hall–Kier alpha value is -3.10. The van der Waals surface area contributed by atoms with Gasteiger partial charge >= 0.3 is 11.9 Å². The van der Waals surface area contributed by atoms with Crippen LogP contribution in [0.2, 0.25) is 0 Å². The number of carbonyl (C=O) groups is 4. The molecule has 1 aromatic carbocycles. The molecule has 2 amide bonds. The average molecular weight is 417 g/mol. The number of nitrogens with zero attached hydrogens (tertiary/aromatic N) is 1. The molecule has 0 bridgehead atoms. The van der Waals surface area contributed by atoms with Gasteiger partial charge in [-0.3, -0.25) is 9.59 Å². The van der Waals surface area contributed by atoms with Crippen molar-refractivity contribution in [3.8, 4) is 0 Å². The second-order valence-corrected chi connectivity index (χ2v) is 7.60. The van der Waals surface area contributed by atoms with Crippen LogP contribution in [0.25, 0.3) is 0 Å². The van der Waals surface area contributed by atoms with Crippen LogP contribution >= 0.6 is 0 Å². The van der Waals surface area contributed by atoms with Crippen molar-refractivity contribution in [2.24, 2.45) is 5.92 Å². The highest BCUT2D eigenvalue weighted by Crippen LogP contribution is 2.37. The van der Waals surface area contributed by atoms with E-state index in [9.17, 15) is 19.2 Å². The number of anilines is 2. The van der Waals surface area contributed by atoms with Gasteiger partial charge in [0.2, 0.25) is 5.91 Å². The predicted molar refractivity (Wildman–Crippen MR) is 109 cm³/mol. The lowest BCUT2D eigenvalue weighted by atomic mass is 9.99. The Morgan fingerprint density at radius 2 is 2.10 bits per heavy atom. The minimum atomic E-state index is -0.807. The van der Waals surface area contributed by atoms with Gasteiger partial charge in [-0.1, -0.05) is 20.3 Å². The maximum atomic E-state index is 12.4. The molecule has 0 unspecified atom stereocenters. The third-order valence-electron chi connectivity index (χ3n) is 5.67. The van der Waals surface area contributed by atoms with Gasteiger partial charge in [0.1, 0.15) is 12.1 Å². The van der Waals surface area contributed by atoms with Crippen molar-refractivity contribution in [1.82, 2.24) is 5.32 Å². The highest BCUT2D eigenvalue weighted by Gasteiger charge is 2.36. The summed E-state index contributed by atoms with van der Waals surface area (Å²) in [6.45, 7) is 3.99. The fourth-order valence-electron chi connectivity index (χ4n) is 3.78. The van der Waals surface area contributed by atoms with E-state index in [-0.39, 0.29) is 23.4 Å². The summed E-state index contributed by atoms with van der Waals surface area (Å²) in [6, 6.07) is 3.98. The second-order valence-electron chi connectivity index (χ2n) is 7.60. The smallest absolute Gasteiger partial charge is 0.338 e. The van der Waals surface area contributed by atoms with E-state index in [2.05, 4.69) is 10.6 Å². The standard InChI is InChI=1S/C21H27N3O6/c1-4-12(2)18(21(28)29-3)23-17(25)11-30-20(27)13-7-8-15-14(10-13)22-19(26)16-6-5-9-24(15)16/h7-8,10,12,16,18H,4-6,9,11H2,1-3H3,(H,22,26)(H,23,25)/t12-,16-,18+/m1/s1. The van der Waals surface area contributed by atoms with Crippen molar-refractivity contribution < 1.29 is 28.7 Å². The Kier molecular flexibility index (Phi) is 6.59. The lowest BCUT2D eigenvalue weighted by Crippen LogP contribution is -2.47. The minimum absolute atomic E-state index is 0.0798. The van der Waals surface area contributed by atoms with E-state index in [0.717, 1.165) is 25.1 Å². The number of methoxy groups -OCH3 is 1. The molecular formula is C21H27N3O6. The van der Waals surface area contributed by atoms with Crippen LogP contribution in [0, 0.1) is 5.92 Å². The van der Waals surface area contributed by atoms with Gasteiger partial charge in [0.25, 0.3) is 5.91 Å². The molecule has 2 aliphatic rings. The van der Waals surface area contributed by atoms with Crippen molar-refractivity contribution in [1.29, 1.82) is 0 Å². The molecule has 0 saturated carbocycles. The highest BCUT2D eigenvalue weighted by molar-refractivity contribution is 6.05. The average Bonchev–Trinajstić information content (AvgIpc) is 3.25. The normalized spacial score (nSPS) is 19.1. The van der Waals surface area contributed by atoms with Gasteiger partial charge in [0.05, 0.1) is 24.0 Å². The maximum absolute atomic E-state index is 12.4. The molecular weight excluding hydrogens is 390 g/mol. The zero-order chi connectivity index (χ0) is 21.8. The van der Waals surface area contributed by atoms with Crippen LogP contribution < -0.4 is 15.5 Å². The topological polar surface area (TPSA) is 114 Å². The van der Waals surface area contributed by atoms with E-state index in [0.29, 0.717) is 12.1 Å². The number of ether oxygens (including phenoxy) is 2. The summed E-state index contributed by atoms with van der Waals surface area (Å²) >= 11 is 0. The third kappa shape index (κ3) is 4.39. The second kappa shape index (κ2) is 9.15. The molecule has 2 aliphatic heterocycles. The molecule has 0 aromatic heterocycles. The van der Waals surface area contributed by atoms with Crippen LogP contribution in [-0.2, 0) is 23.9 Å². The number of carbonyl (C=O) groups excluding carboxylic acids is 4. The fourth-order valence-corrected chi connectivity index (χ4v) is 3.78. The summed E-state index contributed by atoms with van der Waals surface area (Å²) in [6.07, 6.45) is 2.42. The van der Waals surface area contributed by atoms with E-state index in [1.165, 1.54) is 7.11 Å². The molecule has 2 N–H and O–H groups in total. The van der Waals surface area contributed by atoms with Gasteiger partial charge in [0, 0.05) is 6.54 Å². The molecule has 3 rings (SSSR count). The molecule has 162 valence electrons. The number of rotatable bonds is 7. The monoisotopic (exact) mass is 417 g/mol. The van der Waals surface area contributed by atoms with E-state index >= 15 is 0 Å². The SMILES string of the molecule is CC[C@@H](C)[C@H](NC(=O)COC(=O)c1ccc2c(c1)NC(=O)[C@H]1CCCN21)C(=O)OC. The Bertz CT molecular complexity index is 855. The number of nitrogens with one attached hydrogen (secondary N) is 2. The molecule has 1 saturated heterocycles. The number of fused-ring (bicyclic) bond motifs is 3. The Labute approximate surface area is 175 Å². The highest BCUT2D eigenvalue weighted by atomic mass is 16.5. The quantitative estimate of drug-likeness (QED) is 0.646. The first kappa shape index (κ1) is 21.6. The van der Waals surface area contributed by atoms with Crippen LogP contribution in [0.1, 0.15) is 43.5 Å². The number of hydrogen-bond acceptors (Lipinski definition) is 7. The van der Waals surface area contributed by atoms with E-state index in [1.807, 2.05) is 18.7 Å². The van der Waals surface area contributed by atoms with Crippen molar-refractivity contribution in [3.05, 3.63) is 23.8 Å². The molecule has 3 atom stereocenters. The van der Waals surface area contributed by atoms with Crippen LogP contribution in [0.4, 0.5) is 11.4 Å². The predicted octanol–water partition coefficient (Wildman–Crippen LogP) is 1.47. The summed E-state index contributed by atoms with van der Waals surface area (Å²) in [5.41, 5.74) is 1.66. The first-order valence-corrected chi connectivity index (χ1v) is 10.1. The Morgan fingerprint density at radius 1 is 1.33 bits per heavy atom. The lowest BCUT2D eigenvalue weighted by Gasteiger charge is -2.33. The van der Waals surface area contributed by atoms with Crippen LogP contribution in [0.5, 0.6) is 0 Å². The van der Waals surface area contributed by atoms with Gasteiger partial charge in [-0.15, -0.1) is 0 Å². The third-order valence-corrected chi connectivity index (χ3v) is 5.67. The molecule has 30 heavy (non-hydrogen) atoms. The Balaban J connectivity index is 1.61. The van der Waals surface area contributed by atoms with Gasteiger partial charge in [0.15, 0.2) is 6.61 Å². The molecule has 0 spiro atoms. The lowest BCUT2D eigenvalue weighted by molar-refractivity contribution is -0.147. The number of amides is 2. The largest absolute Gasteiger partial charge is 0.467 e. The van der Waals surface area contributed by atoms with Crippen molar-refractivity contribution >= 4 is 35.1 Å². The van der Waals surface area contributed by atoms with Crippen LogP contribution in [0.3, 0.4) is 0 Å². The fraction of sp³-hybridized carbons (Fsp3) is 0.524. The van der Waals surface area contributed by atoms with Crippen LogP contribution in [0.15, 0.2) is 18.2 Å². The summed E-state index contributed by atoms with van der Waals surface area (Å²) in [5.74, 6) is -2.04. The maximum Gasteiger partial charge on any atom is 0.338 e. The van der Waals surface area contributed by atoms with E-state index < -0.39 is 30.5 Å². The first-order valence-electron chi connectivity index (χ1n) is 10.1. The number of esters is 2. The van der Waals surface area contributed by atoms with Crippen molar-refractivity contribution in [2.75, 3.05) is 30.5 Å². The van der Waals surface area contributed by atoms with Crippen molar-refractivity contribution in [3.63, 3.8) is 0 Å². The zero-order valence-corrected chi connectivity index (χ0v) is 17.4. The molecule has 9 nitrogen and oxygen atoms in total. The summed E-state index contributed by atoms with van der Waals surface area (Å²) in [7, 11) is 1.25. The van der Waals surface area contributed by atoms with Crippen molar-refractivity contribution in [2.45, 2.75) is 45.2 Å². The minimum Gasteiger partial charge on any atom is -0.467 e. The van der Waals surface area contributed by atoms with Gasteiger partial charge in [-0.2, -0.15) is 0 Å². The first-order chi connectivity index (χ1) is 14.3. The molecule has 2 heterocycles. The van der Waals surface area contributed by atoms with Gasteiger partial charge in [-0.05, 0) is 37.0 Å². The summed E-state index contributed by atoms with van der Waals surface area (Å²) in [4.78, 5) is 50.7. The van der Waals surface area contributed by atoms with Crippen LogP contribution in [-0.4, -0.2) is 56.1 Å².